The van der Waals surface area contributed by atoms with E-state index < -0.39 is 0 Å². The van der Waals surface area contributed by atoms with E-state index in [0.717, 1.165) is 16.1 Å². The van der Waals surface area contributed by atoms with Crippen molar-refractivity contribution in [1.29, 1.82) is 0 Å². The van der Waals surface area contributed by atoms with Gasteiger partial charge in [0.15, 0.2) is 0 Å². The van der Waals surface area contributed by atoms with Crippen molar-refractivity contribution in [2.24, 2.45) is 5.92 Å². The molecule has 1 saturated heterocycles. The van der Waals surface area contributed by atoms with Gasteiger partial charge in [0.05, 0.1) is 0 Å². The Bertz CT molecular complexity index is 351. The Kier molecular flexibility index (Phi) is 4.55. The molecule has 2 rings (SSSR count). The maximum absolute atomic E-state index is 5.72. The highest BCUT2D eigenvalue weighted by Crippen LogP contribution is 2.31. The van der Waals surface area contributed by atoms with Crippen molar-refractivity contribution in [3.05, 3.63) is 22.7 Å². The smallest absolute Gasteiger partial charge is 0.0331 e. The highest BCUT2D eigenvalue weighted by atomic mass is 79.9. The van der Waals surface area contributed by atoms with Gasteiger partial charge in [0.25, 0.3) is 0 Å². The van der Waals surface area contributed by atoms with Crippen molar-refractivity contribution >= 4 is 33.4 Å². The molecule has 16 heavy (non-hydrogen) atoms. The topological polar surface area (TPSA) is 38.0 Å². The summed E-state index contributed by atoms with van der Waals surface area (Å²) in [5.41, 5.74) is 6.54. The molecule has 0 aliphatic carbocycles. The molecule has 1 aliphatic heterocycles. The van der Waals surface area contributed by atoms with Crippen LogP contribution in [0.3, 0.4) is 0 Å². The number of rotatable bonds is 3. The largest absolute Gasteiger partial charge is 0.399 e. The van der Waals surface area contributed by atoms with Crippen LogP contribution >= 0.6 is 27.7 Å². The summed E-state index contributed by atoms with van der Waals surface area (Å²) in [5.74, 6) is 2.07. The molecule has 1 aromatic rings. The lowest BCUT2D eigenvalue weighted by Crippen LogP contribution is -2.28. The minimum Gasteiger partial charge on any atom is -0.399 e. The van der Waals surface area contributed by atoms with Crippen molar-refractivity contribution in [2.75, 3.05) is 24.6 Å². The first-order chi connectivity index (χ1) is 7.75. The Morgan fingerprint density at radius 2 is 2.12 bits per heavy atom. The average Bonchev–Trinajstić information content (AvgIpc) is 2.29. The molecule has 0 saturated carbocycles. The molecule has 1 fully saturated rings. The van der Waals surface area contributed by atoms with Crippen LogP contribution in [0, 0.1) is 5.92 Å². The van der Waals surface area contributed by atoms with Gasteiger partial charge in [-0.2, -0.15) is 0 Å². The molecule has 0 radical (unpaired) electrons. The molecule has 0 aromatic heterocycles. The molecule has 0 amide bonds. The van der Waals surface area contributed by atoms with Gasteiger partial charge in [-0.3, -0.25) is 0 Å². The van der Waals surface area contributed by atoms with Gasteiger partial charge >= 0.3 is 0 Å². The average molecular weight is 301 g/mol. The number of nitrogens with two attached hydrogens (primary N) is 1. The third-order valence-corrected chi connectivity index (χ3v) is 5.11. The van der Waals surface area contributed by atoms with Crippen LogP contribution in [0.5, 0.6) is 0 Å². The first kappa shape index (κ1) is 12.3. The molecule has 2 nitrogen and oxygen atoms in total. The second kappa shape index (κ2) is 5.94. The number of halogens is 1. The minimum atomic E-state index is 0.818. The molecule has 0 atom stereocenters. The number of nitrogen functional groups attached to an aromatic ring is 1. The molecule has 0 unspecified atom stereocenters. The number of hydrogen-bond donors (Lipinski definition) is 2. The zero-order valence-corrected chi connectivity index (χ0v) is 11.6. The van der Waals surface area contributed by atoms with Gasteiger partial charge in [-0.1, -0.05) is 0 Å². The number of benzene rings is 1. The first-order valence-electron chi connectivity index (χ1n) is 5.64. The summed E-state index contributed by atoms with van der Waals surface area (Å²) in [5, 5.41) is 3.40. The van der Waals surface area contributed by atoms with E-state index in [-0.39, 0.29) is 0 Å². The molecule has 0 bridgehead atoms. The molecular formula is C12H17BrN2S. The van der Waals surface area contributed by atoms with Crippen LogP contribution < -0.4 is 11.1 Å². The molecule has 1 aromatic carbocycles. The Morgan fingerprint density at radius 1 is 1.38 bits per heavy atom. The van der Waals surface area contributed by atoms with Crippen molar-refractivity contribution in [1.82, 2.24) is 5.32 Å². The van der Waals surface area contributed by atoms with Gasteiger partial charge in [-0.15, -0.1) is 11.8 Å². The predicted molar refractivity (Wildman–Crippen MR) is 74.9 cm³/mol. The third-order valence-electron chi connectivity index (χ3n) is 2.89. The van der Waals surface area contributed by atoms with Crippen molar-refractivity contribution in [3.63, 3.8) is 0 Å². The summed E-state index contributed by atoms with van der Waals surface area (Å²) in [6.45, 7) is 2.35. The molecule has 1 aliphatic rings. The number of piperidine rings is 1. The number of nitrogens with one attached hydrogen (secondary N) is 1. The van der Waals surface area contributed by atoms with Crippen molar-refractivity contribution < 1.29 is 0 Å². The second-order valence-electron chi connectivity index (χ2n) is 4.19. The Balaban J connectivity index is 1.88. The van der Waals surface area contributed by atoms with E-state index in [0.29, 0.717) is 0 Å². The van der Waals surface area contributed by atoms with E-state index >= 15 is 0 Å². The normalized spacial score (nSPS) is 17.6. The first-order valence-corrected chi connectivity index (χ1v) is 7.42. The predicted octanol–water partition coefficient (Wildman–Crippen LogP) is 3.12. The van der Waals surface area contributed by atoms with Gasteiger partial charge in [0.2, 0.25) is 0 Å². The summed E-state index contributed by atoms with van der Waals surface area (Å²) in [7, 11) is 0. The van der Waals surface area contributed by atoms with Gasteiger partial charge < -0.3 is 11.1 Å². The SMILES string of the molecule is Nc1ccc(SCC2CCNCC2)c(Br)c1. The Labute approximate surface area is 109 Å². The zero-order valence-electron chi connectivity index (χ0n) is 9.21. The fraction of sp³-hybridized carbons (Fsp3) is 0.500. The van der Waals surface area contributed by atoms with Crippen LogP contribution in [0.25, 0.3) is 0 Å². The highest BCUT2D eigenvalue weighted by Gasteiger charge is 2.13. The fourth-order valence-corrected chi connectivity index (χ4v) is 3.74. The van der Waals surface area contributed by atoms with Gasteiger partial charge in [-0.05, 0) is 66.0 Å². The van der Waals surface area contributed by atoms with Gasteiger partial charge in [-0.25, -0.2) is 0 Å². The van der Waals surface area contributed by atoms with Crippen LogP contribution in [0.2, 0.25) is 0 Å². The molecule has 3 N–H and O–H groups in total. The third kappa shape index (κ3) is 3.40. The van der Waals surface area contributed by atoms with E-state index in [2.05, 4.69) is 27.3 Å². The van der Waals surface area contributed by atoms with Crippen LogP contribution in [-0.2, 0) is 0 Å². The maximum atomic E-state index is 5.72. The van der Waals surface area contributed by atoms with E-state index in [9.17, 15) is 0 Å². The van der Waals surface area contributed by atoms with Gasteiger partial charge in [0, 0.05) is 20.8 Å². The van der Waals surface area contributed by atoms with Crippen LogP contribution in [-0.4, -0.2) is 18.8 Å². The summed E-state index contributed by atoms with van der Waals surface area (Å²) in [4.78, 5) is 1.30. The highest BCUT2D eigenvalue weighted by molar-refractivity contribution is 9.10. The summed E-state index contributed by atoms with van der Waals surface area (Å²) in [6.07, 6.45) is 2.61. The summed E-state index contributed by atoms with van der Waals surface area (Å²) < 4.78 is 1.12. The van der Waals surface area contributed by atoms with E-state index in [1.165, 1.54) is 36.6 Å². The number of hydrogen-bond acceptors (Lipinski definition) is 3. The van der Waals surface area contributed by atoms with Crippen molar-refractivity contribution in [2.45, 2.75) is 17.7 Å². The van der Waals surface area contributed by atoms with Crippen LogP contribution in [0.1, 0.15) is 12.8 Å². The van der Waals surface area contributed by atoms with Crippen LogP contribution in [0.4, 0.5) is 5.69 Å². The number of thioether (sulfide) groups is 1. The van der Waals surface area contributed by atoms with E-state index in [1.54, 1.807) is 0 Å². The Morgan fingerprint density at radius 3 is 2.81 bits per heavy atom. The molecule has 1 heterocycles. The maximum Gasteiger partial charge on any atom is 0.0331 e. The molecule has 88 valence electrons. The fourth-order valence-electron chi connectivity index (χ4n) is 1.89. The van der Waals surface area contributed by atoms with E-state index in [1.807, 2.05) is 23.9 Å². The summed E-state index contributed by atoms with van der Waals surface area (Å²) in [6, 6.07) is 6.05. The van der Waals surface area contributed by atoms with E-state index in [4.69, 9.17) is 5.73 Å². The zero-order chi connectivity index (χ0) is 11.4. The van der Waals surface area contributed by atoms with Gasteiger partial charge in [0.1, 0.15) is 0 Å². The second-order valence-corrected chi connectivity index (χ2v) is 6.11. The minimum absolute atomic E-state index is 0.818. The lowest BCUT2D eigenvalue weighted by molar-refractivity contribution is 0.408. The number of anilines is 1. The molecular weight excluding hydrogens is 284 g/mol. The molecule has 4 heteroatoms. The summed E-state index contributed by atoms with van der Waals surface area (Å²) >= 11 is 5.49. The Hall–Kier alpha value is -0.190. The molecule has 0 spiro atoms. The van der Waals surface area contributed by atoms with Crippen LogP contribution in [0.15, 0.2) is 27.6 Å². The quantitative estimate of drug-likeness (QED) is 0.665. The monoisotopic (exact) mass is 300 g/mol. The lowest BCUT2D eigenvalue weighted by Gasteiger charge is -2.22. The van der Waals surface area contributed by atoms with Crippen molar-refractivity contribution in [3.8, 4) is 0 Å². The lowest BCUT2D eigenvalue weighted by atomic mass is 10.0. The standard InChI is InChI=1S/C12H17BrN2S/c13-11-7-10(14)1-2-12(11)16-8-9-3-5-15-6-4-9/h1-2,7,9,15H,3-6,8,14H2.